The van der Waals surface area contributed by atoms with E-state index in [0.717, 1.165) is 5.75 Å². The van der Waals surface area contributed by atoms with Crippen molar-refractivity contribution in [1.29, 1.82) is 0 Å². The van der Waals surface area contributed by atoms with Crippen LogP contribution in [0.1, 0.15) is 18.9 Å². The minimum absolute atomic E-state index is 0.243. The molecule has 0 spiro atoms. The maximum atomic E-state index is 5.36. The molecule has 92 valence electrons. The maximum Gasteiger partial charge on any atom is 0.119 e. The molecule has 1 aromatic rings. The Morgan fingerprint density at radius 1 is 1.35 bits per heavy atom. The van der Waals surface area contributed by atoms with Crippen molar-refractivity contribution in [2.75, 3.05) is 32.6 Å². The van der Waals surface area contributed by atoms with Gasteiger partial charge in [0.05, 0.1) is 13.3 Å². The molecular weight excluding hydrogens is 212 g/mol. The fourth-order valence-corrected chi connectivity index (χ4v) is 3.68. The van der Waals surface area contributed by atoms with Gasteiger partial charge in [0, 0.05) is 24.7 Å². The number of anilines is 1. The van der Waals surface area contributed by atoms with Gasteiger partial charge in [-0.2, -0.15) is 0 Å². The maximum absolute atomic E-state index is 5.36. The molecule has 3 heteroatoms. The summed E-state index contributed by atoms with van der Waals surface area (Å²) >= 11 is 0. The summed E-state index contributed by atoms with van der Waals surface area (Å²) in [4.78, 5) is 4.86. The second-order valence-electron chi connectivity index (χ2n) is 5.52. The van der Waals surface area contributed by atoms with E-state index in [1.165, 1.54) is 24.2 Å². The Morgan fingerprint density at radius 3 is 2.82 bits per heavy atom. The highest BCUT2D eigenvalue weighted by Crippen LogP contribution is 2.51. The Kier molecular flexibility index (Phi) is 2.17. The third-order valence-electron chi connectivity index (χ3n) is 4.54. The predicted molar refractivity (Wildman–Crippen MR) is 69.8 cm³/mol. The molecule has 3 nitrogen and oxygen atoms in total. The van der Waals surface area contributed by atoms with Crippen LogP contribution in [0.5, 0.6) is 5.75 Å². The Hall–Kier alpha value is -1.22. The Labute approximate surface area is 103 Å². The van der Waals surface area contributed by atoms with Crippen LogP contribution in [0, 0.1) is 0 Å². The van der Waals surface area contributed by atoms with Gasteiger partial charge in [0.25, 0.3) is 0 Å². The summed E-state index contributed by atoms with van der Waals surface area (Å²) < 4.78 is 5.36. The number of likely N-dealkylation sites (tertiary alicyclic amines) is 1. The second-order valence-corrected chi connectivity index (χ2v) is 5.52. The molecule has 3 rings (SSSR count). The zero-order valence-corrected chi connectivity index (χ0v) is 11.0. The molecule has 0 aromatic heterocycles. The summed E-state index contributed by atoms with van der Waals surface area (Å²) in [6, 6.07) is 6.45. The number of nitrogens with zero attached hydrogens (tertiary/aromatic N) is 2. The van der Waals surface area contributed by atoms with Gasteiger partial charge in [0.1, 0.15) is 5.75 Å². The largest absolute Gasteiger partial charge is 0.497 e. The monoisotopic (exact) mass is 232 g/mol. The molecule has 0 saturated carbocycles. The highest BCUT2D eigenvalue weighted by molar-refractivity contribution is 5.66. The van der Waals surface area contributed by atoms with Crippen molar-refractivity contribution in [2.45, 2.75) is 24.9 Å². The number of fused-ring (bicyclic) bond motifs is 3. The molecule has 0 aliphatic carbocycles. The Morgan fingerprint density at radius 2 is 2.12 bits per heavy atom. The van der Waals surface area contributed by atoms with E-state index < -0.39 is 0 Å². The van der Waals surface area contributed by atoms with Crippen LogP contribution in [-0.4, -0.2) is 38.8 Å². The molecule has 1 aromatic carbocycles. The van der Waals surface area contributed by atoms with E-state index in [1.807, 2.05) is 0 Å². The van der Waals surface area contributed by atoms with E-state index in [1.54, 1.807) is 7.11 Å². The van der Waals surface area contributed by atoms with Crippen LogP contribution in [-0.2, 0) is 5.41 Å². The molecule has 2 heterocycles. The van der Waals surface area contributed by atoms with Crippen LogP contribution in [0.15, 0.2) is 18.2 Å². The molecule has 0 bridgehead atoms. The minimum Gasteiger partial charge on any atom is -0.497 e. The summed E-state index contributed by atoms with van der Waals surface area (Å²) in [5, 5.41) is 0. The number of benzene rings is 1. The van der Waals surface area contributed by atoms with Crippen LogP contribution >= 0.6 is 0 Å². The van der Waals surface area contributed by atoms with Gasteiger partial charge < -0.3 is 9.64 Å². The van der Waals surface area contributed by atoms with Gasteiger partial charge in [-0.25, -0.2) is 0 Å². The fourth-order valence-electron chi connectivity index (χ4n) is 3.68. The van der Waals surface area contributed by atoms with Crippen LogP contribution in [0.3, 0.4) is 0 Å². The molecular formula is C14H20N2O. The van der Waals surface area contributed by atoms with Crippen LogP contribution in [0.25, 0.3) is 0 Å². The zero-order valence-electron chi connectivity index (χ0n) is 11.0. The minimum atomic E-state index is 0.243. The molecule has 2 aliphatic rings. The highest BCUT2D eigenvalue weighted by Gasteiger charge is 2.52. The molecule has 0 radical (unpaired) electrons. The molecule has 0 N–H and O–H groups in total. The summed E-state index contributed by atoms with van der Waals surface area (Å²) in [7, 11) is 6.15. The first kappa shape index (κ1) is 10.9. The first-order valence-electron chi connectivity index (χ1n) is 6.19. The smallest absolute Gasteiger partial charge is 0.119 e. The normalized spacial score (nSPS) is 31.5. The topological polar surface area (TPSA) is 15.7 Å². The summed E-state index contributed by atoms with van der Waals surface area (Å²) in [6.45, 7) is 3.55. The number of methoxy groups -OCH3 is 1. The fraction of sp³-hybridized carbons (Fsp3) is 0.571. The first-order chi connectivity index (χ1) is 8.08. The van der Waals surface area contributed by atoms with E-state index in [2.05, 4.69) is 49.0 Å². The van der Waals surface area contributed by atoms with Gasteiger partial charge in [0.15, 0.2) is 0 Å². The quantitative estimate of drug-likeness (QED) is 0.737. The third kappa shape index (κ3) is 1.26. The van der Waals surface area contributed by atoms with Crippen LogP contribution < -0.4 is 9.64 Å². The van der Waals surface area contributed by atoms with E-state index >= 15 is 0 Å². The summed E-state index contributed by atoms with van der Waals surface area (Å²) in [6.07, 6.45) is 1.71. The average Bonchev–Trinajstić information content (AvgIpc) is 2.75. The molecule has 0 amide bonds. The lowest BCUT2D eigenvalue weighted by Crippen LogP contribution is -2.45. The predicted octanol–water partition coefficient (Wildman–Crippen LogP) is 2.06. The van der Waals surface area contributed by atoms with E-state index in [9.17, 15) is 0 Å². The first-order valence-corrected chi connectivity index (χ1v) is 6.19. The standard InChI is InChI=1S/C14H20N2O/c1-14-7-8-15(2)13(14)16(3)12-6-5-10(17-4)9-11(12)14/h5-6,9,13H,7-8H2,1-4H3. The number of hydrogen-bond donors (Lipinski definition) is 0. The zero-order chi connectivity index (χ0) is 12.2. The van der Waals surface area contributed by atoms with Gasteiger partial charge in [-0.3, -0.25) is 4.90 Å². The van der Waals surface area contributed by atoms with Crippen molar-refractivity contribution < 1.29 is 4.74 Å². The lowest BCUT2D eigenvalue weighted by Gasteiger charge is -2.32. The van der Waals surface area contributed by atoms with Crippen molar-refractivity contribution >= 4 is 5.69 Å². The Bertz CT molecular complexity index is 460. The van der Waals surface area contributed by atoms with Crippen molar-refractivity contribution in [1.82, 2.24) is 4.90 Å². The number of likely N-dealkylation sites (N-methyl/N-ethyl adjacent to an activating group) is 2. The highest BCUT2D eigenvalue weighted by atomic mass is 16.5. The molecule has 1 saturated heterocycles. The van der Waals surface area contributed by atoms with Crippen LogP contribution in [0.2, 0.25) is 0 Å². The summed E-state index contributed by atoms with van der Waals surface area (Å²) in [5.41, 5.74) is 3.03. The van der Waals surface area contributed by atoms with E-state index in [-0.39, 0.29) is 5.41 Å². The third-order valence-corrected chi connectivity index (χ3v) is 4.54. The van der Waals surface area contributed by atoms with Gasteiger partial charge >= 0.3 is 0 Å². The van der Waals surface area contributed by atoms with E-state index in [4.69, 9.17) is 4.74 Å². The van der Waals surface area contributed by atoms with Gasteiger partial charge in [-0.1, -0.05) is 6.92 Å². The molecule has 2 aliphatic heterocycles. The van der Waals surface area contributed by atoms with Crippen molar-refractivity contribution in [2.24, 2.45) is 0 Å². The Balaban J connectivity index is 2.15. The number of rotatable bonds is 1. The van der Waals surface area contributed by atoms with Gasteiger partial charge in [-0.05, 0) is 37.2 Å². The molecule has 2 unspecified atom stereocenters. The van der Waals surface area contributed by atoms with E-state index in [0.29, 0.717) is 6.17 Å². The van der Waals surface area contributed by atoms with Crippen molar-refractivity contribution in [3.63, 3.8) is 0 Å². The van der Waals surface area contributed by atoms with Gasteiger partial charge in [0.2, 0.25) is 0 Å². The average molecular weight is 232 g/mol. The van der Waals surface area contributed by atoms with Crippen molar-refractivity contribution in [3.05, 3.63) is 23.8 Å². The summed E-state index contributed by atoms with van der Waals surface area (Å²) in [5.74, 6) is 0.966. The van der Waals surface area contributed by atoms with Gasteiger partial charge in [-0.15, -0.1) is 0 Å². The second kappa shape index (κ2) is 3.39. The van der Waals surface area contributed by atoms with Crippen LogP contribution in [0.4, 0.5) is 5.69 Å². The lowest BCUT2D eigenvalue weighted by molar-refractivity contribution is 0.268. The number of hydrogen-bond acceptors (Lipinski definition) is 3. The molecule has 2 atom stereocenters. The number of ether oxygens (including phenoxy) is 1. The molecule has 1 fully saturated rings. The SMILES string of the molecule is COc1ccc2c(c1)C1(C)CCN(C)C1N2C. The molecule has 17 heavy (non-hydrogen) atoms. The van der Waals surface area contributed by atoms with Crippen molar-refractivity contribution in [3.8, 4) is 5.75 Å². The lowest BCUT2D eigenvalue weighted by atomic mass is 9.81.